The van der Waals surface area contributed by atoms with Crippen LogP contribution in [0.2, 0.25) is 0 Å². The van der Waals surface area contributed by atoms with Crippen molar-refractivity contribution in [2.24, 2.45) is 0 Å². The Hall–Kier alpha value is -2.98. The number of likely N-dealkylation sites (tertiary alicyclic amines) is 2. The van der Waals surface area contributed by atoms with Crippen molar-refractivity contribution in [1.82, 2.24) is 9.80 Å². The molecule has 0 radical (unpaired) electrons. The summed E-state index contributed by atoms with van der Waals surface area (Å²) < 4.78 is 27.2. The van der Waals surface area contributed by atoms with Gasteiger partial charge in [-0.15, -0.1) is 0 Å². The quantitative estimate of drug-likeness (QED) is 0.818. The Labute approximate surface area is 174 Å². The molecule has 0 spiro atoms. The summed E-state index contributed by atoms with van der Waals surface area (Å²) in [6.45, 7) is 0.785. The molecule has 30 heavy (non-hydrogen) atoms. The molecular weight excluding hydrogens is 386 g/mol. The van der Waals surface area contributed by atoms with Crippen molar-refractivity contribution >= 4 is 11.6 Å². The van der Waals surface area contributed by atoms with Crippen LogP contribution in [-0.2, 0) is 4.79 Å². The molecule has 0 saturated carbocycles. The molecule has 2 aliphatic rings. The molecule has 2 aromatic carbocycles. The van der Waals surface area contributed by atoms with Crippen molar-refractivity contribution in [3.63, 3.8) is 0 Å². The van der Waals surface area contributed by atoms with E-state index in [1.54, 1.807) is 0 Å². The average Bonchev–Trinajstić information content (AvgIpc) is 3.32. The van der Waals surface area contributed by atoms with E-state index >= 15 is 0 Å². The third-order valence-corrected chi connectivity index (χ3v) is 5.73. The van der Waals surface area contributed by atoms with Gasteiger partial charge in [-0.3, -0.25) is 9.69 Å². The number of amides is 1. The fourth-order valence-electron chi connectivity index (χ4n) is 4.20. The Bertz CT molecular complexity index is 926. The summed E-state index contributed by atoms with van der Waals surface area (Å²) in [5.41, 5.74) is 3.32. The number of anilines is 1. The van der Waals surface area contributed by atoms with Crippen molar-refractivity contribution in [1.29, 1.82) is 5.26 Å². The molecule has 0 aromatic heterocycles. The summed E-state index contributed by atoms with van der Waals surface area (Å²) in [5, 5.41) is 12.6. The standard InChI is InChI=1S/C23H24F2N4O/c24-23(25)12-21(13-26)29(16-23)22(30)15-28-11-10-20(14-28)27-19-8-6-18(7-9-19)17-4-2-1-3-5-17/h1-9,20-21,27H,10-12,14-16H2. The third-order valence-electron chi connectivity index (χ3n) is 5.73. The van der Waals surface area contributed by atoms with Crippen LogP contribution < -0.4 is 5.32 Å². The van der Waals surface area contributed by atoms with E-state index in [-0.39, 0.29) is 12.6 Å². The van der Waals surface area contributed by atoms with E-state index in [0.29, 0.717) is 13.1 Å². The van der Waals surface area contributed by atoms with Gasteiger partial charge in [-0.05, 0) is 29.7 Å². The predicted octanol–water partition coefficient (Wildman–Crippen LogP) is 3.60. The van der Waals surface area contributed by atoms with Crippen LogP contribution in [0.4, 0.5) is 14.5 Å². The Balaban J connectivity index is 1.30. The summed E-state index contributed by atoms with van der Waals surface area (Å²) in [7, 11) is 0. The highest BCUT2D eigenvalue weighted by molar-refractivity contribution is 5.79. The molecule has 2 atom stereocenters. The van der Waals surface area contributed by atoms with Gasteiger partial charge in [-0.2, -0.15) is 5.26 Å². The van der Waals surface area contributed by atoms with Crippen LogP contribution in [0.5, 0.6) is 0 Å². The highest BCUT2D eigenvalue weighted by Crippen LogP contribution is 2.32. The lowest BCUT2D eigenvalue weighted by Gasteiger charge is -2.23. The monoisotopic (exact) mass is 410 g/mol. The second-order valence-electron chi connectivity index (χ2n) is 8.04. The Morgan fingerprint density at radius 1 is 1.13 bits per heavy atom. The average molecular weight is 410 g/mol. The van der Waals surface area contributed by atoms with Gasteiger partial charge in [-0.25, -0.2) is 8.78 Å². The van der Waals surface area contributed by atoms with Crippen molar-refractivity contribution < 1.29 is 13.6 Å². The van der Waals surface area contributed by atoms with Gasteiger partial charge in [0.05, 0.1) is 19.2 Å². The minimum Gasteiger partial charge on any atom is -0.381 e. The molecule has 1 amide bonds. The van der Waals surface area contributed by atoms with E-state index in [1.165, 1.54) is 0 Å². The maximum atomic E-state index is 13.6. The van der Waals surface area contributed by atoms with Gasteiger partial charge in [0.15, 0.2) is 0 Å². The first-order valence-electron chi connectivity index (χ1n) is 10.1. The summed E-state index contributed by atoms with van der Waals surface area (Å²) >= 11 is 0. The Morgan fingerprint density at radius 3 is 2.53 bits per heavy atom. The van der Waals surface area contributed by atoms with Crippen LogP contribution in [0.15, 0.2) is 54.6 Å². The fraction of sp³-hybridized carbons (Fsp3) is 0.391. The number of carbonyl (C=O) groups is 1. The molecule has 0 aliphatic carbocycles. The highest BCUT2D eigenvalue weighted by atomic mass is 19.3. The highest BCUT2D eigenvalue weighted by Gasteiger charge is 2.47. The molecule has 2 saturated heterocycles. The van der Waals surface area contributed by atoms with Crippen molar-refractivity contribution in [2.75, 3.05) is 31.5 Å². The normalized spacial score (nSPS) is 23.3. The van der Waals surface area contributed by atoms with E-state index in [9.17, 15) is 13.6 Å². The third kappa shape index (κ3) is 4.60. The molecular formula is C23H24F2N4O. The number of nitrogens with zero attached hydrogens (tertiary/aromatic N) is 3. The zero-order valence-corrected chi connectivity index (χ0v) is 16.6. The number of hydrogen-bond donors (Lipinski definition) is 1. The Morgan fingerprint density at radius 2 is 1.83 bits per heavy atom. The zero-order chi connectivity index (χ0) is 21.1. The lowest BCUT2D eigenvalue weighted by Crippen LogP contribution is -2.43. The van der Waals surface area contributed by atoms with Gasteiger partial charge in [-0.1, -0.05) is 42.5 Å². The summed E-state index contributed by atoms with van der Waals surface area (Å²) in [6.07, 6.45) is 0.296. The van der Waals surface area contributed by atoms with Crippen molar-refractivity contribution in [2.45, 2.75) is 30.8 Å². The molecule has 2 fully saturated rings. The number of halogens is 2. The summed E-state index contributed by atoms with van der Waals surface area (Å²) in [4.78, 5) is 15.5. The van der Waals surface area contributed by atoms with Gasteiger partial charge in [0.1, 0.15) is 6.04 Å². The van der Waals surface area contributed by atoms with Gasteiger partial charge < -0.3 is 10.2 Å². The molecule has 2 aliphatic heterocycles. The molecule has 1 N–H and O–H groups in total. The Kier molecular flexibility index (Phi) is 5.69. The molecule has 0 bridgehead atoms. The maximum Gasteiger partial charge on any atom is 0.268 e. The number of hydrogen-bond acceptors (Lipinski definition) is 4. The smallest absolute Gasteiger partial charge is 0.268 e. The minimum atomic E-state index is -2.98. The lowest BCUT2D eigenvalue weighted by molar-refractivity contribution is -0.133. The van der Waals surface area contributed by atoms with E-state index in [4.69, 9.17) is 5.26 Å². The van der Waals surface area contributed by atoms with E-state index in [2.05, 4.69) is 29.6 Å². The maximum absolute atomic E-state index is 13.6. The SMILES string of the molecule is N#CC1CC(F)(F)CN1C(=O)CN1CCC(Nc2ccc(-c3ccccc3)cc2)C1. The first kappa shape index (κ1) is 20.3. The van der Waals surface area contributed by atoms with Gasteiger partial charge >= 0.3 is 0 Å². The van der Waals surface area contributed by atoms with Crippen LogP contribution in [0, 0.1) is 11.3 Å². The van der Waals surface area contributed by atoms with E-state index in [1.807, 2.05) is 41.3 Å². The van der Waals surface area contributed by atoms with Crippen molar-refractivity contribution in [3.05, 3.63) is 54.6 Å². The molecule has 2 aromatic rings. The van der Waals surface area contributed by atoms with Gasteiger partial charge in [0.25, 0.3) is 5.92 Å². The van der Waals surface area contributed by atoms with Crippen LogP contribution in [-0.4, -0.2) is 59.9 Å². The largest absolute Gasteiger partial charge is 0.381 e. The molecule has 156 valence electrons. The lowest BCUT2D eigenvalue weighted by atomic mass is 10.1. The van der Waals surface area contributed by atoms with Crippen LogP contribution in [0.3, 0.4) is 0 Å². The van der Waals surface area contributed by atoms with Crippen LogP contribution in [0.25, 0.3) is 11.1 Å². The molecule has 4 rings (SSSR count). The minimum absolute atomic E-state index is 0.0688. The number of nitrogens with one attached hydrogen (secondary N) is 1. The number of nitriles is 1. The molecule has 5 nitrogen and oxygen atoms in total. The van der Waals surface area contributed by atoms with E-state index in [0.717, 1.165) is 28.1 Å². The molecule has 2 unspecified atom stereocenters. The summed E-state index contributed by atoms with van der Waals surface area (Å²) in [6, 6.07) is 19.4. The van der Waals surface area contributed by atoms with Gasteiger partial charge in [0.2, 0.25) is 5.91 Å². The van der Waals surface area contributed by atoms with E-state index < -0.39 is 30.8 Å². The number of benzene rings is 2. The number of alkyl halides is 2. The first-order chi connectivity index (χ1) is 14.4. The van der Waals surface area contributed by atoms with Gasteiger partial charge in [0, 0.05) is 31.2 Å². The predicted molar refractivity (Wildman–Crippen MR) is 111 cm³/mol. The zero-order valence-electron chi connectivity index (χ0n) is 16.6. The number of rotatable bonds is 5. The first-order valence-corrected chi connectivity index (χ1v) is 10.1. The van der Waals surface area contributed by atoms with Crippen molar-refractivity contribution in [3.8, 4) is 17.2 Å². The molecule has 7 heteroatoms. The topological polar surface area (TPSA) is 59.4 Å². The summed E-state index contributed by atoms with van der Waals surface area (Å²) in [5.74, 6) is -3.37. The molecule has 2 heterocycles. The van der Waals surface area contributed by atoms with Crippen LogP contribution in [0.1, 0.15) is 12.8 Å². The van der Waals surface area contributed by atoms with Crippen LogP contribution >= 0.6 is 0 Å². The number of carbonyl (C=O) groups excluding carboxylic acids is 1. The second-order valence-corrected chi connectivity index (χ2v) is 8.04. The fourth-order valence-corrected chi connectivity index (χ4v) is 4.20. The second kappa shape index (κ2) is 8.41.